The molecule has 2 rings (SSSR count). The average Bonchev–Trinajstić information content (AvgIpc) is 2.76. The third-order valence-corrected chi connectivity index (χ3v) is 2.88. The number of carbonyl (C=O) groups excluding carboxylic acids is 1. The highest BCUT2D eigenvalue weighted by Crippen LogP contribution is 2.28. The number of aldehydes is 1. The lowest BCUT2D eigenvalue weighted by atomic mass is 10.2. The molecule has 2 heterocycles. The zero-order valence-electron chi connectivity index (χ0n) is 7.60. The van der Waals surface area contributed by atoms with E-state index in [0.717, 1.165) is 11.2 Å². The monoisotopic (exact) mass is 207 g/mol. The summed E-state index contributed by atoms with van der Waals surface area (Å²) in [5, 5.41) is 6.13. The van der Waals surface area contributed by atoms with E-state index in [-0.39, 0.29) is 0 Å². The first kappa shape index (κ1) is 8.96. The van der Waals surface area contributed by atoms with Gasteiger partial charge in [0.2, 0.25) is 0 Å². The standard InChI is InChI=1S/C9H9N3OS/c1-12-9(10)6(5-13)8(11-12)7-3-2-4-14-7/h2-5H,10H2,1H3. The van der Waals surface area contributed by atoms with Gasteiger partial charge in [-0.2, -0.15) is 5.10 Å². The van der Waals surface area contributed by atoms with Crippen LogP contribution in [0.5, 0.6) is 0 Å². The van der Waals surface area contributed by atoms with Gasteiger partial charge >= 0.3 is 0 Å². The molecule has 0 aliphatic heterocycles. The smallest absolute Gasteiger partial charge is 0.156 e. The van der Waals surface area contributed by atoms with Crippen molar-refractivity contribution >= 4 is 23.4 Å². The molecule has 2 aromatic rings. The van der Waals surface area contributed by atoms with Gasteiger partial charge in [0.05, 0.1) is 10.4 Å². The van der Waals surface area contributed by atoms with Crippen molar-refractivity contribution in [2.24, 2.45) is 7.05 Å². The van der Waals surface area contributed by atoms with Gasteiger partial charge in [-0.1, -0.05) is 6.07 Å². The fourth-order valence-electron chi connectivity index (χ4n) is 1.26. The highest BCUT2D eigenvalue weighted by atomic mass is 32.1. The summed E-state index contributed by atoms with van der Waals surface area (Å²) in [6, 6.07) is 3.83. The molecule has 0 unspecified atom stereocenters. The van der Waals surface area contributed by atoms with E-state index in [2.05, 4.69) is 5.10 Å². The van der Waals surface area contributed by atoms with Crippen molar-refractivity contribution in [3.63, 3.8) is 0 Å². The number of rotatable bonds is 2. The summed E-state index contributed by atoms with van der Waals surface area (Å²) >= 11 is 1.54. The molecule has 0 atom stereocenters. The van der Waals surface area contributed by atoms with Crippen molar-refractivity contribution in [3.8, 4) is 10.6 Å². The fourth-order valence-corrected chi connectivity index (χ4v) is 1.99. The fraction of sp³-hybridized carbons (Fsp3) is 0.111. The number of nitrogens with zero attached hydrogens (tertiary/aromatic N) is 2. The van der Waals surface area contributed by atoms with E-state index in [1.807, 2.05) is 17.5 Å². The van der Waals surface area contributed by atoms with E-state index < -0.39 is 0 Å². The van der Waals surface area contributed by atoms with E-state index in [0.29, 0.717) is 17.1 Å². The summed E-state index contributed by atoms with van der Waals surface area (Å²) in [7, 11) is 1.72. The number of aryl methyl sites for hydroxylation is 1. The maximum absolute atomic E-state index is 10.8. The summed E-state index contributed by atoms with van der Waals surface area (Å²) in [6.45, 7) is 0. The molecular formula is C9H9N3OS. The number of hydrogen-bond acceptors (Lipinski definition) is 4. The van der Waals surface area contributed by atoms with Gasteiger partial charge < -0.3 is 5.73 Å². The Kier molecular flexibility index (Phi) is 2.09. The first-order valence-corrected chi connectivity index (χ1v) is 4.93. The first-order chi connectivity index (χ1) is 6.74. The summed E-state index contributed by atoms with van der Waals surface area (Å²) in [5.74, 6) is 0.406. The van der Waals surface area contributed by atoms with Crippen LogP contribution in [0.4, 0.5) is 5.82 Å². The van der Waals surface area contributed by atoms with Crippen LogP contribution in [0.25, 0.3) is 10.6 Å². The van der Waals surface area contributed by atoms with Gasteiger partial charge in [0, 0.05) is 7.05 Å². The number of nitrogen functional groups attached to an aromatic ring is 1. The Bertz CT molecular complexity index is 459. The minimum atomic E-state index is 0.406. The molecule has 0 spiro atoms. The second kappa shape index (κ2) is 3.26. The van der Waals surface area contributed by atoms with E-state index in [1.165, 1.54) is 16.0 Å². The van der Waals surface area contributed by atoms with Gasteiger partial charge in [-0.15, -0.1) is 11.3 Å². The van der Waals surface area contributed by atoms with E-state index >= 15 is 0 Å². The molecule has 14 heavy (non-hydrogen) atoms. The summed E-state index contributed by atoms with van der Waals surface area (Å²) in [4.78, 5) is 11.8. The Morgan fingerprint density at radius 3 is 3.00 bits per heavy atom. The molecule has 0 bridgehead atoms. The SMILES string of the molecule is Cn1nc(-c2cccs2)c(C=O)c1N. The molecule has 2 aromatic heterocycles. The number of nitrogens with two attached hydrogens (primary N) is 1. The zero-order valence-corrected chi connectivity index (χ0v) is 8.41. The predicted molar refractivity (Wildman–Crippen MR) is 56.3 cm³/mol. The number of thiophene rings is 1. The molecule has 0 saturated heterocycles. The van der Waals surface area contributed by atoms with Crippen LogP contribution in [0.3, 0.4) is 0 Å². The number of hydrogen-bond donors (Lipinski definition) is 1. The minimum Gasteiger partial charge on any atom is -0.383 e. The van der Waals surface area contributed by atoms with Gasteiger partial charge in [-0.3, -0.25) is 9.48 Å². The number of anilines is 1. The van der Waals surface area contributed by atoms with Crippen molar-refractivity contribution in [3.05, 3.63) is 23.1 Å². The van der Waals surface area contributed by atoms with Crippen LogP contribution in [-0.4, -0.2) is 16.1 Å². The third kappa shape index (κ3) is 1.22. The Morgan fingerprint density at radius 2 is 2.43 bits per heavy atom. The predicted octanol–water partition coefficient (Wildman–Crippen LogP) is 1.54. The molecule has 0 aliphatic rings. The van der Waals surface area contributed by atoms with Crippen molar-refractivity contribution < 1.29 is 4.79 Å². The van der Waals surface area contributed by atoms with Gasteiger partial charge in [-0.05, 0) is 11.4 Å². The average molecular weight is 207 g/mol. The van der Waals surface area contributed by atoms with Crippen molar-refractivity contribution in [2.75, 3.05) is 5.73 Å². The highest BCUT2D eigenvalue weighted by molar-refractivity contribution is 7.13. The maximum Gasteiger partial charge on any atom is 0.156 e. The van der Waals surface area contributed by atoms with Gasteiger partial charge in [0.1, 0.15) is 11.5 Å². The van der Waals surface area contributed by atoms with E-state index in [1.54, 1.807) is 7.05 Å². The second-order valence-corrected chi connectivity index (χ2v) is 3.81. The van der Waals surface area contributed by atoms with Crippen LogP contribution >= 0.6 is 11.3 Å². The molecule has 0 fully saturated rings. The minimum absolute atomic E-state index is 0.406. The van der Waals surface area contributed by atoms with Crippen LogP contribution in [0.1, 0.15) is 10.4 Å². The lowest BCUT2D eigenvalue weighted by molar-refractivity contribution is 0.112. The largest absolute Gasteiger partial charge is 0.383 e. The lowest BCUT2D eigenvalue weighted by Gasteiger charge is -1.91. The Balaban J connectivity index is 2.64. The molecule has 2 N–H and O–H groups in total. The van der Waals surface area contributed by atoms with Crippen LogP contribution in [0.15, 0.2) is 17.5 Å². The van der Waals surface area contributed by atoms with Gasteiger partial charge in [-0.25, -0.2) is 0 Å². The topological polar surface area (TPSA) is 60.9 Å². The van der Waals surface area contributed by atoms with Crippen molar-refractivity contribution in [1.82, 2.24) is 9.78 Å². The molecule has 0 saturated carbocycles. The highest BCUT2D eigenvalue weighted by Gasteiger charge is 2.14. The van der Waals surface area contributed by atoms with Crippen LogP contribution in [0, 0.1) is 0 Å². The molecule has 0 aliphatic carbocycles. The molecule has 72 valence electrons. The third-order valence-electron chi connectivity index (χ3n) is 2.00. The Hall–Kier alpha value is -1.62. The Morgan fingerprint density at radius 1 is 1.64 bits per heavy atom. The molecule has 0 amide bonds. The van der Waals surface area contributed by atoms with Crippen molar-refractivity contribution in [2.45, 2.75) is 0 Å². The summed E-state index contributed by atoms with van der Waals surface area (Å²) < 4.78 is 1.51. The van der Waals surface area contributed by atoms with Crippen molar-refractivity contribution in [1.29, 1.82) is 0 Å². The normalized spacial score (nSPS) is 10.4. The molecule has 0 radical (unpaired) electrons. The quantitative estimate of drug-likeness (QED) is 0.760. The maximum atomic E-state index is 10.8. The molecule has 0 aromatic carbocycles. The second-order valence-electron chi connectivity index (χ2n) is 2.87. The van der Waals surface area contributed by atoms with Crippen LogP contribution in [-0.2, 0) is 7.05 Å². The van der Waals surface area contributed by atoms with E-state index in [9.17, 15) is 4.79 Å². The van der Waals surface area contributed by atoms with E-state index in [4.69, 9.17) is 5.73 Å². The molecule has 5 heteroatoms. The summed E-state index contributed by atoms with van der Waals surface area (Å²) in [5.41, 5.74) is 6.82. The summed E-state index contributed by atoms with van der Waals surface area (Å²) in [6.07, 6.45) is 0.747. The lowest BCUT2D eigenvalue weighted by Crippen LogP contribution is -1.98. The Labute approximate surface area is 85.0 Å². The van der Waals surface area contributed by atoms with Gasteiger partial charge in [0.25, 0.3) is 0 Å². The van der Waals surface area contributed by atoms with Crippen LogP contribution < -0.4 is 5.73 Å². The first-order valence-electron chi connectivity index (χ1n) is 4.05. The number of aromatic nitrogens is 2. The molecular weight excluding hydrogens is 198 g/mol. The van der Waals surface area contributed by atoms with Crippen LogP contribution in [0.2, 0.25) is 0 Å². The number of carbonyl (C=O) groups is 1. The molecule has 4 nitrogen and oxygen atoms in total. The van der Waals surface area contributed by atoms with Gasteiger partial charge in [0.15, 0.2) is 6.29 Å². The zero-order chi connectivity index (χ0) is 10.1.